The van der Waals surface area contributed by atoms with Gasteiger partial charge in [-0.2, -0.15) is 13.2 Å². The Labute approximate surface area is 257 Å². The number of carbonyl (C=O) groups excluding carboxylic acids is 2. The highest BCUT2D eigenvalue weighted by Gasteiger charge is 2.30. The van der Waals surface area contributed by atoms with Gasteiger partial charge in [0.15, 0.2) is 0 Å². The van der Waals surface area contributed by atoms with Gasteiger partial charge in [-0.25, -0.2) is 9.97 Å². The predicted molar refractivity (Wildman–Crippen MR) is 163 cm³/mol. The molecule has 4 rings (SSSR count). The number of fused-ring (bicyclic) bond motifs is 1. The van der Waals surface area contributed by atoms with Gasteiger partial charge in [-0.1, -0.05) is 40.2 Å². The van der Waals surface area contributed by atoms with E-state index in [2.05, 4.69) is 21.2 Å². The molecule has 6 nitrogen and oxygen atoms in total. The molecule has 4 aromatic rings. The molecule has 0 fully saturated rings. The minimum Gasteiger partial charge on any atom is -0.460 e. The number of nitrogens with one attached hydrogen (secondary N) is 1. The van der Waals surface area contributed by atoms with Crippen molar-refractivity contribution in [3.8, 4) is 11.3 Å². The van der Waals surface area contributed by atoms with E-state index in [0.29, 0.717) is 52.8 Å². The molecule has 0 saturated carbocycles. The van der Waals surface area contributed by atoms with Crippen molar-refractivity contribution in [2.75, 3.05) is 0 Å². The van der Waals surface area contributed by atoms with Gasteiger partial charge in [0.25, 0.3) is 5.91 Å². The summed E-state index contributed by atoms with van der Waals surface area (Å²) in [6.45, 7) is 7.32. The van der Waals surface area contributed by atoms with E-state index in [9.17, 15) is 22.8 Å². The molecular weight excluding hydrogens is 623 g/mol. The molecule has 0 aliphatic carbocycles. The largest absolute Gasteiger partial charge is 0.460 e. The molecule has 0 aliphatic heterocycles. The number of hydrogen-bond donors (Lipinski definition) is 1. The number of esters is 1. The molecule has 1 aromatic heterocycles. The van der Waals surface area contributed by atoms with Gasteiger partial charge in [0.05, 0.1) is 34.0 Å². The lowest BCUT2D eigenvalue weighted by molar-refractivity contribution is -0.155. The van der Waals surface area contributed by atoms with Crippen LogP contribution in [0.15, 0.2) is 71.2 Å². The first kappa shape index (κ1) is 32.1. The fourth-order valence-electron chi connectivity index (χ4n) is 4.55. The highest BCUT2D eigenvalue weighted by Crippen LogP contribution is 2.32. The number of aryl methyl sites for hydroxylation is 1. The fourth-order valence-corrected chi connectivity index (χ4v) is 4.97. The molecule has 10 heteroatoms. The molecule has 1 heterocycles. The number of alkyl halides is 3. The third-order valence-corrected chi connectivity index (χ3v) is 7.14. The van der Waals surface area contributed by atoms with Crippen LogP contribution in [0, 0.1) is 0 Å². The summed E-state index contributed by atoms with van der Waals surface area (Å²) in [5.41, 5.74) is 2.53. The monoisotopic (exact) mass is 655 g/mol. The highest BCUT2D eigenvalue weighted by atomic mass is 79.9. The highest BCUT2D eigenvalue weighted by molar-refractivity contribution is 9.10. The summed E-state index contributed by atoms with van der Waals surface area (Å²) in [6.07, 6.45) is -2.68. The topological polar surface area (TPSA) is 81.2 Å². The molecule has 43 heavy (non-hydrogen) atoms. The number of unbranched alkanes of at least 4 members (excludes halogenated alkanes) is 1. The molecule has 0 saturated heterocycles. The minimum atomic E-state index is -4.45. The van der Waals surface area contributed by atoms with Gasteiger partial charge in [-0.3, -0.25) is 9.59 Å². The maximum atomic E-state index is 13.2. The Kier molecular flexibility index (Phi) is 9.89. The maximum absolute atomic E-state index is 13.2. The van der Waals surface area contributed by atoms with Crippen LogP contribution >= 0.6 is 15.9 Å². The molecule has 0 aliphatic rings. The van der Waals surface area contributed by atoms with Gasteiger partial charge in [-0.15, -0.1) is 0 Å². The van der Waals surface area contributed by atoms with Gasteiger partial charge in [0.1, 0.15) is 5.60 Å². The van der Waals surface area contributed by atoms with E-state index in [1.54, 1.807) is 18.2 Å². The van der Waals surface area contributed by atoms with Crippen molar-refractivity contribution >= 4 is 38.8 Å². The number of benzene rings is 3. The van der Waals surface area contributed by atoms with E-state index >= 15 is 0 Å². The zero-order chi connectivity index (χ0) is 31.4. The van der Waals surface area contributed by atoms with E-state index in [1.165, 1.54) is 12.1 Å². The molecule has 0 bridgehead atoms. The standard InChI is InChI=1S/C33H33BrF3N3O3/c1-20(22-8-7-9-25(34)18-22)38-31(42)23-14-17-26-28(19-23)39-27(10-5-6-11-29(41)43-32(2,3)4)30(40-26)21-12-15-24(16-13-21)33(35,36)37/h7-9,12-20H,5-6,10-11H2,1-4H3,(H,38,42). The van der Waals surface area contributed by atoms with Crippen LogP contribution in [0.1, 0.15) is 80.2 Å². The first-order valence-electron chi connectivity index (χ1n) is 14.0. The molecule has 1 amide bonds. The summed E-state index contributed by atoms with van der Waals surface area (Å²) in [6, 6.07) is 17.2. The molecule has 1 unspecified atom stereocenters. The Morgan fingerprint density at radius 2 is 1.65 bits per heavy atom. The number of rotatable bonds is 9. The van der Waals surface area contributed by atoms with E-state index < -0.39 is 17.3 Å². The van der Waals surface area contributed by atoms with E-state index in [4.69, 9.17) is 14.7 Å². The first-order chi connectivity index (χ1) is 20.2. The Morgan fingerprint density at radius 1 is 0.930 bits per heavy atom. The van der Waals surface area contributed by atoms with Gasteiger partial charge in [-0.05, 0) is 95.0 Å². The van der Waals surface area contributed by atoms with Crippen molar-refractivity contribution in [2.45, 2.75) is 71.2 Å². The third-order valence-electron chi connectivity index (χ3n) is 6.65. The number of aromatic nitrogens is 2. The third kappa shape index (κ3) is 8.86. The van der Waals surface area contributed by atoms with Gasteiger partial charge in [0, 0.05) is 22.0 Å². The van der Waals surface area contributed by atoms with Crippen LogP contribution in [0.4, 0.5) is 13.2 Å². The van der Waals surface area contributed by atoms with Gasteiger partial charge >= 0.3 is 12.1 Å². The average molecular weight is 657 g/mol. The van der Waals surface area contributed by atoms with E-state index in [0.717, 1.165) is 22.2 Å². The number of ether oxygens (including phenoxy) is 1. The van der Waals surface area contributed by atoms with Crippen LogP contribution < -0.4 is 5.32 Å². The second kappa shape index (κ2) is 13.2. The normalized spacial score (nSPS) is 12.7. The molecule has 3 aromatic carbocycles. The number of nitrogens with zero attached hydrogens (tertiary/aromatic N) is 2. The van der Waals surface area contributed by atoms with Crippen LogP contribution in [-0.4, -0.2) is 27.4 Å². The number of hydrogen-bond acceptors (Lipinski definition) is 5. The van der Waals surface area contributed by atoms with Crippen molar-refractivity contribution in [3.63, 3.8) is 0 Å². The summed E-state index contributed by atoms with van der Waals surface area (Å²) < 4.78 is 45.8. The lowest BCUT2D eigenvalue weighted by atomic mass is 10.0. The summed E-state index contributed by atoms with van der Waals surface area (Å²) in [7, 11) is 0. The van der Waals surface area contributed by atoms with Gasteiger partial charge < -0.3 is 10.1 Å². The molecule has 0 spiro atoms. The number of carbonyl (C=O) groups is 2. The fraction of sp³-hybridized carbons (Fsp3) is 0.333. The van der Waals surface area contributed by atoms with Crippen molar-refractivity contribution in [1.82, 2.24) is 15.3 Å². The maximum Gasteiger partial charge on any atom is 0.416 e. The van der Waals surface area contributed by atoms with Crippen molar-refractivity contribution in [1.29, 1.82) is 0 Å². The van der Waals surface area contributed by atoms with Crippen molar-refractivity contribution < 1.29 is 27.5 Å². The summed E-state index contributed by atoms with van der Waals surface area (Å²) in [5.74, 6) is -0.574. The Balaban J connectivity index is 1.60. The molecule has 226 valence electrons. The second-order valence-corrected chi connectivity index (χ2v) is 12.3. The van der Waals surface area contributed by atoms with Crippen LogP contribution in [0.3, 0.4) is 0 Å². The van der Waals surface area contributed by atoms with Crippen LogP contribution in [0.2, 0.25) is 0 Å². The zero-order valence-electron chi connectivity index (χ0n) is 24.4. The zero-order valence-corrected chi connectivity index (χ0v) is 26.0. The lowest BCUT2D eigenvalue weighted by Gasteiger charge is -2.19. The Hall–Kier alpha value is -3.79. The van der Waals surface area contributed by atoms with Gasteiger partial charge in [0.2, 0.25) is 0 Å². The van der Waals surface area contributed by atoms with Crippen LogP contribution in [0.5, 0.6) is 0 Å². The van der Waals surface area contributed by atoms with Crippen molar-refractivity contribution in [3.05, 3.63) is 93.6 Å². The molecule has 0 radical (unpaired) electrons. The molecular formula is C33H33BrF3N3O3. The van der Waals surface area contributed by atoms with Crippen molar-refractivity contribution in [2.24, 2.45) is 0 Å². The summed E-state index contributed by atoms with van der Waals surface area (Å²) in [4.78, 5) is 34.8. The molecule has 1 N–H and O–H groups in total. The quantitative estimate of drug-likeness (QED) is 0.144. The van der Waals surface area contributed by atoms with Crippen LogP contribution in [-0.2, 0) is 22.1 Å². The lowest BCUT2D eigenvalue weighted by Crippen LogP contribution is -2.26. The van der Waals surface area contributed by atoms with E-state index in [1.807, 2.05) is 52.0 Å². The first-order valence-corrected chi connectivity index (χ1v) is 14.8. The predicted octanol–water partition coefficient (Wildman–Crippen LogP) is 8.62. The SMILES string of the molecule is CC(NC(=O)c1ccc2nc(-c3ccc(C(F)(F)F)cc3)c(CCCCC(=O)OC(C)(C)C)nc2c1)c1cccc(Br)c1. The Bertz CT molecular complexity index is 1620. The minimum absolute atomic E-state index is 0.231. The van der Waals surface area contributed by atoms with E-state index in [-0.39, 0.29) is 24.3 Å². The number of amides is 1. The smallest absolute Gasteiger partial charge is 0.416 e. The Morgan fingerprint density at radius 3 is 2.30 bits per heavy atom. The summed E-state index contributed by atoms with van der Waals surface area (Å²) >= 11 is 3.45. The number of halogens is 4. The molecule has 1 atom stereocenters. The van der Waals surface area contributed by atoms with Crippen LogP contribution in [0.25, 0.3) is 22.3 Å². The second-order valence-electron chi connectivity index (χ2n) is 11.3. The average Bonchev–Trinajstić information content (AvgIpc) is 2.93. The summed E-state index contributed by atoms with van der Waals surface area (Å²) in [5, 5.41) is 3.00.